The first-order chi connectivity index (χ1) is 9.81. The summed E-state index contributed by atoms with van der Waals surface area (Å²) in [4.78, 5) is 13.8. The molecule has 1 unspecified atom stereocenters. The van der Waals surface area contributed by atoms with Gasteiger partial charge in [-0.2, -0.15) is 0 Å². The van der Waals surface area contributed by atoms with Gasteiger partial charge >= 0.3 is 5.97 Å². The summed E-state index contributed by atoms with van der Waals surface area (Å²) < 4.78 is 10.5. The van der Waals surface area contributed by atoms with Crippen molar-refractivity contribution in [3.05, 3.63) is 54.6 Å². The van der Waals surface area contributed by atoms with Crippen molar-refractivity contribution in [3.63, 3.8) is 0 Å². The van der Waals surface area contributed by atoms with Gasteiger partial charge in [0.05, 0.1) is 6.61 Å². The molecule has 3 rings (SSSR count). The topological polar surface area (TPSA) is 35.5 Å². The van der Waals surface area contributed by atoms with E-state index in [9.17, 15) is 4.79 Å². The molecule has 1 atom stereocenters. The highest BCUT2D eigenvalue weighted by Crippen LogP contribution is 2.20. The third-order valence-electron chi connectivity index (χ3n) is 3.02. The van der Waals surface area contributed by atoms with E-state index in [0.717, 1.165) is 11.8 Å². The fourth-order valence-electron chi connectivity index (χ4n) is 2.00. The standard InChI is InChI=1S/C16H14O3S/c17-16-15(10-11-18-16)19-12-6-8-14(9-7-12)20-13-4-2-1-3-5-13/h1-9,15H,10-11H2/p+1. The molecule has 0 saturated carbocycles. The second-order valence-electron chi connectivity index (χ2n) is 4.50. The van der Waals surface area contributed by atoms with Crippen LogP contribution in [-0.4, -0.2) is 18.7 Å². The summed E-state index contributed by atoms with van der Waals surface area (Å²) in [7, 11) is 0. The molecule has 0 spiro atoms. The fourth-order valence-corrected chi connectivity index (χ4v) is 2.92. The zero-order valence-corrected chi connectivity index (χ0v) is 11.8. The van der Waals surface area contributed by atoms with Crippen molar-refractivity contribution >= 4 is 17.7 Å². The molecule has 0 N–H and O–H groups in total. The fraction of sp³-hybridized carbons (Fsp3) is 0.188. The second kappa shape index (κ2) is 6.01. The van der Waals surface area contributed by atoms with Crippen molar-refractivity contribution in [3.8, 4) is 5.75 Å². The predicted octanol–water partition coefficient (Wildman–Crippen LogP) is 2.61. The van der Waals surface area contributed by atoms with Gasteiger partial charge in [-0.1, -0.05) is 18.2 Å². The minimum Gasteiger partial charge on any atom is -0.479 e. The van der Waals surface area contributed by atoms with E-state index in [4.69, 9.17) is 9.47 Å². The van der Waals surface area contributed by atoms with E-state index >= 15 is 0 Å². The number of hydrogen-bond acceptors (Lipinski definition) is 3. The third kappa shape index (κ3) is 3.14. The number of carbonyl (C=O) groups is 1. The SMILES string of the molecule is O=C1OCCC1Oc1ccc([SH+]c2ccccc2)cc1. The van der Waals surface area contributed by atoms with Crippen molar-refractivity contribution in [2.75, 3.05) is 6.61 Å². The van der Waals surface area contributed by atoms with E-state index < -0.39 is 6.10 Å². The van der Waals surface area contributed by atoms with Gasteiger partial charge in [0.15, 0.2) is 15.9 Å². The molecule has 2 aromatic carbocycles. The third-order valence-corrected chi connectivity index (χ3v) is 4.13. The molecule has 1 heterocycles. The molecule has 0 bridgehead atoms. The van der Waals surface area contributed by atoms with Gasteiger partial charge in [0.25, 0.3) is 0 Å². The normalized spacial score (nSPS) is 17.8. The maximum atomic E-state index is 11.3. The van der Waals surface area contributed by atoms with Crippen LogP contribution in [0.2, 0.25) is 0 Å². The Bertz CT molecular complexity index is 580. The molecule has 3 nitrogen and oxygen atoms in total. The van der Waals surface area contributed by atoms with Gasteiger partial charge in [0.2, 0.25) is 0 Å². The lowest BCUT2D eigenvalue weighted by atomic mass is 10.3. The number of benzene rings is 2. The molecular weight excluding hydrogens is 272 g/mol. The second-order valence-corrected chi connectivity index (χ2v) is 5.76. The van der Waals surface area contributed by atoms with Crippen LogP contribution < -0.4 is 4.74 Å². The van der Waals surface area contributed by atoms with Gasteiger partial charge in [-0.05, 0) is 36.4 Å². The largest absolute Gasteiger partial charge is 0.479 e. The number of hydrogen-bond donors (Lipinski definition) is 0. The van der Waals surface area contributed by atoms with Gasteiger partial charge in [-0.25, -0.2) is 4.79 Å². The van der Waals surface area contributed by atoms with Gasteiger partial charge in [0, 0.05) is 18.2 Å². The van der Waals surface area contributed by atoms with Crippen molar-refractivity contribution in [1.29, 1.82) is 0 Å². The minimum absolute atomic E-state index is 0.267. The zero-order chi connectivity index (χ0) is 13.8. The lowest BCUT2D eigenvalue weighted by Crippen LogP contribution is -2.21. The zero-order valence-electron chi connectivity index (χ0n) is 10.9. The average molecular weight is 287 g/mol. The Morgan fingerprint density at radius 2 is 1.70 bits per heavy atom. The number of ether oxygens (including phenoxy) is 2. The van der Waals surface area contributed by atoms with E-state index in [1.165, 1.54) is 9.79 Å². The highest BCUT2D eigenvalue weighted by atomic mass is 32.2. The van der Waals surface area contributed by atoms with Crippen LogP contribution in [0.25, 0.3) is 0 Å². The molecule has 20 heavy (non-hydrogen) atoms. The molecule has 0 amide bonds. The Balaban J connectivity index is 1.64. The molecule has 1 saturated heterocycles. The van der Waals surface area contributed by atoms with Crippen LogP contribution in [-0.2, 0) is 21.3 Å². The average Bonchev–Trinajstić information content (AvgIpc) is 2.88. The highest BCUT2D eigenvalue weighted by molar-refractivity contribution is 7.78. The van der Waals surface area contributed by atoms with Gasteiger partial charge in [-0.3, -0.25) is 0 Å². The summed E-state index contributed by atoms with van der Waals surface area (Å²) in [6.07, 6.45) is 0.176. The van der Waals surface area contributed by atoms with Crippen LogP contribution in [0.3, 0.4) is 0 Å². The molecule has 0 radical (unpaired) electrons. The summed E-state index contributed by atoms with van der Waals surface area (Å²) in [5, 5.41) is 0. The van der Waals surface area contributed by atoms with Crippen LogP contribution >= 0.6 is 0 Å². The first-order valence-electron chi connectivity index (χ1n) is 6.51. The van der Waals surface area contributed by atoms with E-state index in [2.05, 4.69) is 12.1 Å². The molecule has 1 aliphatic rings. The maximum absolute atomic E-state index is 11.3. The van der Waals surface area contributed by atoms with Crippen LogP contribution in [0.15, 0.2) is 64.4 Å². The maximum Gasteiger partial charge on any atom is 0.347 e. The molecule has 0 aliphatic carbocycles. The number of rotatable bonds is 4. The molecule has 102 valence electrons. The lowest BCUT2D eigenvalue weighted by molar-refractivity contribution is -0.143. The van der Waals surface area contributed by atoms with E-state index in [1.807, 2.05) is 42.5 Å². The molecule has 1 aliphatic heterocycles. The first kappa shape index (κ1) is 13.1. The molecule has 0 aromatic heterocycles. The smallest absolute Gasteiger partial charge is 0.347 e. The summed E-state index contributed by atoms with van der Waals surface area (Å²) in [6.45, 7) is 0.453. The van der Waals surface area contributed by atoms with Gasteiger partial charge < -0.3 is 9.47 Å². The number of esters is 1. The Morgan fingerprint density at radius 1 is 1.00 bits per heavy atom. The molecule has 2 aromatic rings. The van der Waals surface area contributed by atoms with Gasteiger partial charge in [-0.15, -0.1) is 0 Å². The van der Waals surface area contributed by atoms with Crippen LogP contribution in [0.1, 0.15) is 6.42 Å². The van der Waals surface area contributed by atoms with Crippen molar-refractivity contribution < 1.29 is 14.3 Å². The number of cyclic esters (lactones) is 1. The monoisotopic (exact) mass is 287 g/mol. The predicted molar refractivity (Wildman–Crippen MR) is 78.2 cm³/mol. The summed E-state index contributed by atoms with van der Waals surface area (Å²) in [5.74, 6) is 0.442. The summed E-state index contributed by atoms with van der Waals surface area (Å²) in [6, 6.07) is 18.1. The van der Waals surface area contributed by atoms with Crippen LogP contribution in [0, 0.1) is 0 Å². The molecule has 4 heteroatoms. The highest BCUT2D eigenvalue weighted by Gasteiger charge is 2.28. The lowest BCUT2D eigenvalue weighted by Gasteiger charge is -2.09. The Kier molecular flexibility index (Phi) is 3.92. The Hall–Kier alpha value is -1.94. The first-order valence-corrected chi connectivity index (χ1v) is 7.41. The van der Waals surface area contributed by atoms with Crippen molar-refractivity contribution in [2.45, 2.75) is 22.3 Å². The van der Waals surface area contributed by atoms with Crippen LogP contribution in [0.5, 0.6) is 5.75 Å². The minimum atomic E-state index is -0.451. The number of carbonyl (C=O) groups excluding carboxylic acids is 1. The van der Waals surface area contributed by atoms with Crippen LogP contribution in [0.4, 0.5) is 0 Å². The van der Waals surface area contributed by atoms with E-state index in [0.29, 0.717) is 18.8 Å². The summed E-state index contributed by atoms with van der Waals surface area (Å²) >= 11 is 1.16. The Morgan fingerprint density at radius 3 is 2.35 bits per heavy atom. The van der Waals surface area contributed by atoms with Crippen molar-refractivity contribution in [2.24, 2.45) is 0 Å². The summed E-state index contributed by atoms with van der Waals surface area (Å²) in [5.41, 5.74) is 0. The molecular formula is C16H15O3S+. The van der Waals surface area contributed by atoms with E-state index in [1.54, 1.807) is 0 Å². The Labute approximate surface area is 121 Å². The number of thiol groups is 1. The van der Waals surface area contributed by atoms with E-state index in [-0.39, 0.29) is 5.97 Å². The molecule has 1 fully saturated rings. The van der Waals surface area contributed by atoms with Gasteiger partial charge in [0.1, 0.15) is 5.75 Å². The van der Waals surface area contributed by atoms with Crippen molar-refractivity contribution in [1.82, 2.24) is 0 Å². The quantitative estimate of drug-likeness (QED) is 0.492.